The lowest BCUT2D eigenvalue weighted by Gasteiger charge is -2.13. The molecule has 0 saturated carbocycles. The summed E-state index contributed by atoms with van der Waals surface area (Å²) in [7, 11) is 0. The first kappa shape index (κ1) is 13.1. The van der Waals surface area contributed by atoms with E-state index >= 15 is 0 Å². The highest BCUT2D eigenvalue weighted by Crippen LogP contribution is 2.28. The molecular weight excluding hydrogens is 236 g/mol. The zero-order valence-corrected chi connectivity index (χ0v) is 10.8. The fourth-order valence-corrected chi connectivity index (χ4v) is 1.84. The van der Waals surface area contributed by atoms with Gasteiger partial charge in [-0.2, -0.15) is 5.26 Å². The topological polar surface area (TPSA) is 59.0 Å². The van der Waals surface area contributed by atoms with Gasteiger partial charge in [0.1, 0.15) is 11.5 Å². The summed E-state index contributed by atoms with van der Waals surface area (Å²) in [6.45, 7) is 1.93. The second-order valence-electron chi connectivity index (χ2n) is 4.41. The molecule has 2 rings (SSSR count). The minimum absolute atomic E-state index is 0.0749. The van der Waals surface area contributed by atoms with E-state index in [1.165, 1.54) is 0 Å². The number of nitrogens with two attached hydrogens (primary N) is 1. The van der Waals surface area contributed by atoms with Crippen LogP contribution in [-0.2, 0) is 6.42 Å². The van der Waals surface area contributed by atoms with Crippen LogP contribution in [0.3, 0.4) is 0 Å². The van der Waals surface area contributed by atoms with Crippen LogP contribution in [-0.4, -0.2) is 0 Å². The lowest BCUT2D eigenvalue weighted by molar-refractivity contribution is 0.472. The molecule has 0 heterocycles. The Morgan fingerprint density at radius 2 is 1.84 bits per heavy atom. The second kappa shape index (κ2) is 6.03. The van der Waals surface area contributed by atoms with E-state index < -0.39 is 0 Å². The number of para-hydroxylation sites is 1. The normalized spacial score (nSPS) is 11.6. The second-order valence-corrected chi connectivity index (χ2v) is 4.41. The van der Waals surface area contributed by atoms with Crippen LogP contribution in [0.2, 0.25) is 0 Å². The van der Waals surface area contributed by atoms with E-state index in [2.05, 4.69) is 6.07 Å². The van der Waals surface area contributed by atoms with E-state index in [0.29, 0.717) is 6.42 Å². The van der Waals surface area contributed by atoms with Crippen molar-refractivity contribution in [2.75, 3.05) is 0 Å². The molecule has 96 valence electrons. The molecule has 19 heavy (non-hydrogen) atoms. The van der Waals surface area contributed by atoms with Crippen LogP contribution in [0.1, 0.15) is 24.1 Å². The molecular formula is C16H16N2O. The van der Waals surface area contributed by atoms with Gasteiger partial charge < -0.3 is 10.5 Å². The number of rotatable bonds is 4. The van der Waals surface area contributed by atoms with Crippen LogP contribution < -0.4 is 10.5 Å². The van der Waals surface area contributed by atoms with Crippen molar-refractivity contribution in [2.24, 2.45) is 5.73 Å². The number of nitrogens with zero attached hydrogens (tertiary/aromatic N) is 1. The van der Waals surface area contributed by atoms with Gasteiger partial charge in [0, 0.05) is 11.6 Å². The highest BCUT2D eigenvalue weighted by molar-refractivity contribution is 5.40. The van der Waals surface area contributed by atoms with Crippen LogP contribution in [0.4, 0.5) is 0 Å². The fourth-order valence-electron chi connectivity index (χ4n) is 1.84. The Hall–Kier alpha value is -2.31. The SMILES string of the molecule is C[C@@H](N)c1ccccc1Oc1ccc(CC#N)cc1. The van der Waals surface area contributed by atoms with Crippen molar-refractivity contribution in [2.45, 2.75) is 19.4 Å². The largest absolute Gasteiger partial charge is 0.457 e. The maximum absolute atomic E-state index is 8.63. The number of nitriles is 1. The van der Waals surface area contributed by atoms with Gasteiger partial charge >= 0.3 is 0 Å². The summed E-state index contributed by atoms with van der Waals surface area (Å²) in [5.74, 6) is 1.51. The molecule has 0 aromatic heterocycles. The Balaban J connectivity index is 2.19. The molecule has 2 N–H and O–H groups in total. The molecule has 0 aliphatic rings. The van der Waals surface area contributed by atoms with Crippen molar-refractivity contribution in [1.29, 1.82) is 5.26 Å². The summed E-state index contributed by atoms with van der Waals surface area (Å²) in [6, 6.07) is 17.3. The summed E-state index contributed by atoms with van der Waals surface area (Å²) < 4.78 is 5.84. The van der Waals surface area contributed by atoms with Crippen LogP contribution in [0.5, 0.6) is 11.5 Å². The zero-order valence-electron chi connectivity index (χ0n) is 10.8. The molecule has 0 fully saturated rings. The summed E-state index contributed by atoms with van der Waals surface area (Å²) in [5.41, 5.74) is 7.87. The molecule has 3 nitrogen and oxygen atoms in total. The maximum atomic E-state index is 8.63. The first-order valence-corrected chi connectivity index (χ1v) is 6.19. The molecule has 0 radical (unpaired) electrons. The summed E-state index contributed by atoms with van der Waals surface area (Å²) >= 11 is 0. The maximum Gasteiger partial charge on any atom is 0.132 e. The lowest BCUT2D eigenvalue weighted by Crippen LogP contribution is -2.06. The minimum atomic E-state index is -0.0749. The third-order valence-corrected chi connectivity index (χ3v) is 2.84. The Bertz CT molecular complexity index is 582. The van der Waals surface area contributed by atoms with Gasteiger partial charge in [-0.15, -0.1) is 0 Å². The smallest absolute Gasteiger partial charge is 0.132 e. The minimum Gasteiger partial charge on any atom is -0.457 e. The van der Waals surface area contributed by atoms with Crippen LogP contribution in [0.25, 0.3) is 0 Å². The lowest BCUT2D eigenvalue weighted by atomic mass is 10.1. The molecule has 0 aliphatic carbocycles. The van der Waals surface area contributed by atoms with Crippen molar-refractivity contribution < 1.29 is 4.74 Å². The van der Waals surface area contributed by atoms with Gasteiger partial charge in [0.05, 0.1) is 12.5 Å². The van der Waals surface area contributed by atoms with E-state index in [-0.39, 0.29) is 6.04 Å². The quantitative estimate of drug-likeness (QED) is 0.905. The number of benzene rings is 2. The molecule has 0 amide bonds. The van der Waals surface area contributed by atoms with Gasteiger partial charge in [-0.05, 0) is 30.7 Å². The fraction of sp³-hybridized carbons (Fsp3) is 0.188. The standard InChI is InChI=1S/C16H16N2O/c1-12(18)15-4-2-3-5-16(15)19-14-8-6-13(7-9-14)10-11-17/h2-9,12H,10,18H2,1H3/t12-/m1/s1. The number of hydrogen-bond acceptors (Lipinski definition) is 3. The third kappa shape index (κ3) is 3.34. The van der Waals surface area contributed by atoms with Gasteiger partial charge in [-0.1, -0.05) is 30.3 Å². The molecule has 3 heteroatoms. The van der Waals surface area contributed by atoms with E-state index in [1.54, 1.807) is 0 Å². The van der Waals surface area contributed by atoms with E-state index in [0.717, 1.165) is 22.6 Å². The van der Waals surface area contributed by atoms with Crippen LogP contribution in [0, 0.1) is 11.3 Å². The first-order valence-electron chi connectivity index (χ1n) is 6.19. The van der Waals surface area contributed by atoms with Crippen molar-refractivity contribution in [3.63, 3.8) is 0 Å². The average Bonchev–Trinajstić information content (AvgIpc) is 2.42. The summed E-state index contributed by atoms with van der Waals surface area (Å²) in [5, 5.41) is 8.63. The van der Waals surface area contributed by atoms with Crippen LogP contribution >= 0.6 is 0 Å². The van der Waals surface area contributed by atoms with Crippen molar-refractivity contribution >= 4 is 0 Å². The van der Waals surface area contributed by atoms with E-state index in [1.807, 2.05) is 55.5 Å². The zero-order chi connectivity index (χ0) is 13.7. The predicted molar refractivity (Wildman–Crippen MR) is 74.9 cm³/mol. The van der Waals surface area contributed by atoms with Gasteiger partial charge in [-0.3, -0.25) is 0 Å². The number of ether oxygens (including phenoxy) is 1. The highest BCUT2D eigenvalue weighted by Gasteiger charge is 2.07. The van der Waals surface area contributed by atoms with Gasteiger partial charge in [0.25, 0.3) is 0 Å². The van der Waals surface area contributed by atoms with Crippen molar-refractivity contribution in [3.05, 3.63) is 59.7 Å². The summed E-state index contributed by atoms with van der Waals surface area (Å²) in [4.78, 5) is 0. The van der Waals surface area contributed by atoms with Crippen molar-refractivity contribution in [1.82, 2.24) is 0 Å². The van der Waals surface area contributed by atoms with E-state index in [4.69, 9.17) is 15.7 Å². The molecule has 0 saturated heterocycles. The third-order valence-electron chi connectivity index (χ3n) is 2.84. The molecule has 2 aromatic carbocycles. The monoisotopic (exact) mass is 252 g/mol. The Morgan fingerprint density at radius 3 is 2.47 bits per heavy atom. The molecule has 0 bridgehead atoms. The molecule has 0 aliphatic heterocycles. The predicted octanol–water partition coefficient (Wildman–Crippen LogP) is 3.56. The summed E-state index contributed by atoms with van der Waals surface area (Å²) in [6.07, 6.45) is 0.413. The first-order chi connectivity index (χ1) is 9.20. The average molecular weight is 252 g/mol. The molecule has 1 atom stereocenters. The van der Waals surface area contributed by atoms with Crippen molar-refractivity contribution in [3.8, 4) is 17.6 Å². The van der Waals surface area contributed by atoms with Gasteiger partial charge in [0.15, 0.2) is 0 Å². The van der Waals surface area contributed by atoms with Gasteiger partial charge in [0.2, 0.25) is 0 Å². The molecule has 2 aromatic rings. The van der Waals surface area contributed by atoms with Gasteiger partial charge in [-0.25, -0.2) is 0 Å². The Labute approximate surface area is 113 Å². The van der Waals surface area contributed by atoms with Crippen LogP contribution in [0.15, 0.2) is 48.5 Å². The Kier molecular flexibility index (Phi) is 4.17. The van der Waals surface area contributed by atoms with E-state index in [9.17, 15) is 0 Å². The molecule has 0 spiro atoms. The Morgan fingerprint density at radius 1 is 1.16 bits per heavy atom. The molecule has 0 unspecified atom stereocenters. The number of hydrogen-bond donors (Lipinski definition) is 1. The highest BCUT2D eigenvalue weighted by atomic mass is 16.5.